The molecule has 3 aliphatic rings. The molecule has 1 aromatic carbocycles. The third-order valence-corrected chi connectivity index (χ3v) is 9.21. The minimum atomic E-state index is -1.07. The van der Waals surface area contributed by atoms with E-state index in [1.807, 2.05) is 38.1 Å². The number of likely N-dealkylation sites (tertiary alicyclic amines) is 1. The Kier molecular flexibility index (Phi) is 9.77. The Hall–Kier alpha value is -3.95. The molecule has 0 bridgehead atoms. The minimum absolute atomic E-state index is 0.105. The van der Waals surface area contributed by atoms with Crippen LogP contribution in [-0.2, 0) is 32.0 Å². The Labute approximate surface area is 254 Å². The van der Waals surface area contributed by atoms with Gasteiger partial charge >= 0.3 is 6.03 Å². The zero-order valence-electron chi connectivity index (χ0n) is 25.7. The zero-order chi connectivity index (χ0) is 31.5. The van der Waals surface area contributed by atoms with Crippen molar-refractivity contribution in [3.05, 3.63) is 60.7 Å². The maximum atomic E-state index is 14.4. The van der Waals surface area contributed by atoms with Gasteiger partial charge in [0.05, 0.1) is 6.04 Å². The van der Waals surface area contributed by atoms with Crippen molar-refractivity contribution in [1.82, 2.24) is 26.2 Å². The topological polar surface area (TPSA) is 137 Å². The number of nitrogens with one attached hydrogen (secondary N) is 4. The molecule has 4 rings (SSSR count). The van der Waals surface area contributed by atoms with Crippen LogP contribution in [0, 0.1) is 23.2 Å². The first-order valence-electron chi connectivity index (χ1n) is 15.2. The Morgan fingerprint density at radius 1 is 1.00 bits per heavy atom. The minimum Gasteiger partial charge on any atom is -0.346 e. The van der Waals surface area contributed by atoms with Crippen LogP contribution in [-0.4, -0.2) is 71.7 Å². The summed E-state index contributed by atoms with van der Waals surface area (Å²) in [6.45, 7) is 15.6. The van der Waals surface area contributed by atoms with E-state index in [0.29, 0.717) is 25.8 Å². The molecule has 5 atom stereocenters. The van der Waals surface area contributed by atoms with Gasteiger partial charge in [0.25, 0.3) is 5.91 Å². The maximum Gasteiger partial charge on any atom is 0.315 e. The fraction of sp³-hybridized carbons (Fsp3) is 0.545. The van der Waals surface area contributed by atoms with Crippen LogP contribution in [0.15, 0.2) is 49.6 Å². The Morgan fingerprint density at radius 3 is 2.23 bits per heavy atom. The number of nitrogens with zero attached hydrogens (tertiary/aromatic N) is 1. The van der Waals surface area contributed by atoms with Gasteiger partial charge < -0.3 is 26.2 Å². The fourth-order valence-electron chi connectivity index (χ4n) is 6.87. The third-order valence-electron chi connectivity index (χ3n) is 9.21. The molecule has 5 amide bonds. The average molecular weight is 592 g/mol. The van der Waals surface area contributed by atoms with Crippen molar-refractivity contribution in [3.8, 4) is 0 Å². The van der Waals surface area contributed by atoms with Crippen LogP contribution in [0.2, 0.25) is 0 Å². The van der Waals surface area contributed by atoms with Crippen LogP contribution in [0.1, 0.15) is 51.7 Å². The van der Waals surface area contributed by atoms with E-state index in [4.69, 9.17) is 0 Å². The Bertz CT molecular complexity index is 1260. The van der Waals surface area contributed by atoms with Crippen molar-refractivity contribution in [2.75, 3.05) is 13.1 Å². The van der Waals surface area contributed by atoms with E-state index in [1.165, 1.54) is 6.08 Å². The number of Topliss-reactive ketones (excluding diaryl/α,β-unsaturated/α-hetero) is 1. The lowest BCUT2D eigenvalue weighted by Gasteiger charge is -2.35. The summed E-state index contributed by atoms with van der Waals surface area (Å²) in [5.74, 6) is -2.51. The number of hydrogen-bond donors (Lipinski definition) is 4. The molecule has 232 valence electrons. The van der Waals surface area contributed by atoms with Crippen LogP contribution >= 0.6 is 0 Å². The lowest BCUT2D eigenvalue weighted by molar-refractivity contribution is -0.144. The van der Waals surface area contributed by atoms with Crippen molar-refractivity contribution in [3.63, 3.8) is 0 Å². The molecule has 0 aromatic heterocycles. The average Bonchev–Trinajstić information content (AvgIpc) is 3.33. The highest BCUT2D eigenvalue weighted by Gasteiger charge is 2.69. The Balaban J connectivity index is 1.58. The van der Waals surface area contributed by atoms with Crippen LogP contribution < -0.4 is 21.3 Å². The number of rotatable bonds is 13. The van der Waals surface area contributed by atoms with Crippen LogP contribution in [0.4, 0.5) is 4.79 Å². The van der Waals surface area contributed by atoms with E-state index in [-0.39, 0.29) is 48.1 Å². The third kappa shape index (κ3) is 6.84. The van der Waals surface area contributed by atoms with Gasteiger partial charge in [-0.05, 0) is 73.8 Å². The van der Waals surface area contributed by atoms with Gasteiger partial charge in [0.2, 0.25) is 17.6 Å². The number of hydrogen-bond acceptors (Lipinski definition) is 5. The molecule has 0 spiro atoms. The highest BCUT2D eigenvalue weighted by Crippen LogP contribution is 2.65. The zero-order valence-corrected chi connectivity index (χ0v) is 25.7. The van der Waals surface area contributed by atoms with E-state index in [1.54, 1.807) is 11.0 Å². The lowest BCUT2D eigenvalue weighted by atomic mass is 9.93. The van der Waals surface area contributed by atoms with Gasteiger partial charge in [-0.2, -0.15) is 0 Å². The molecule has 0 radical (unpaired) electrons. The number of piperidine rings is 1. The summed E-state index contributed by atoms with van der Waals surface area (Å²) in [6.07, 6.45) is 4.97. The number of fused-ring (bicyclic) bond motifs is 2. The van der Waals surface area contributed by atoms with Gasteiger partial charge in [0.1, 0.15) is 12.1 Å². The number of amides is 5. The molecule has 10 heteroatoms. The van der Waals surface area contributed by atoms with Crippen LogP contribution in [0.5, 0.6) is 0 Å². The van der Waals surface area contributed by atoms with Gasteiger partial charge in [-0.1, -0.05) is 50.3 Å². The largest absolute Gasteiger partial charge is 0.346 e. The number of benzene rings is 1. The van der Waals surface area contributed by atoms with E-state index >= 15 is 0 Å². The molecule has 2 aliphatic carbocycles. The summed E-state index contributed by atoms with van der Waals surface area (Å²) < 4.78 is 0. The van der Waals surface area contributed by atoms with Gasteiger partial charge in [0, 0.05) is 19.1 Å². The smallest absolute Gasteiger partial charge is 0.315 e. The highest BCUT2D eigenvalue weighted by atomic mass is 16.2. The van der Waals surface area contributed by atoms with Crippen molar-refractivity contribution in [2.45, 2.75) is 77.5 Å². The second-order valence-electron chi connectivity index (χ2n) is 12.9. The maximum absolute atomic E-state index is 14.4. The molecule has 3 unspecified atom stereocenters. The first kappa shape index (κ1) is 32.0. The first-order chi connectivity index (χ1) is 20.4. The summed E-state index contributed by atoms with van der Waals surface area (Å²) in [5.41, 5.74) is 2.13. The standard InChI is InChI=1S/C33H45N5O5/c1-7-9-14-24(28(39)30(41)34-15-8-2)36-29(40)27-25-23(33(25,5)6)18-38(27)31(42)26(37-32(43)35-19(3)4)22-16-20-12-10-11-13-21(20)17-22/h7-8,10-13,19,22-27H,1-2,9,14-18H2,3-6H3,(H,34,41)(H,36,40)(H2,35,37,43)/t23?,24?,25?,26-,27-/m0/s1. The molecular formula is C33H45N5O5. The predicted molar refractivity (Wildman–Crippen MR) is 164 cm³/mol. The molecule has 10 nitrogen and oxygen atoms in total. The summed E-state index contributed by atoms with van der Waals surface area (Å²) in [5, 5.41) is 11.0. The molecule has 1 heterocycles. The number of carbonyl (C=O) groups excluding carboxylic acids is 5. The van der Waals surface area contributed by atoms with Crippen LogP contribution in [0.25, 0.3) is 0 Å². The molecule has 1 saturated heterocycles. The number of carbonyl (C=O) groups is 5. The summed E-state index contributed by atoms with van der Waals surface area (Å²) in [7, 11) is 0. The van der Waals surface area contributed by atoms with Crippen LogP contribution in [0.3, 0.4) is 0 Å². The summed E-state index contributed by atoms with van der Waals surface area (Å²) >= 11 is 0. The Morgan fingerprint density at radius 2 is 1.65 bits per heavy atom. The van der Waals surface area contributed by atoms with E-state index in [9.17, 15) is 24.0 Å². The van der Waals surface area contributed by atoms with Crippen molar-refractivity contribution in [2.24, 2.45) is 23.2 Å². The molecular weight excluding hydrogens is 546 g/mol. The van der Waals surface area contributed by atoms with Crippen molar-refractivity contribution >= 4 is 29.5 Å². The van der Waals surface area contributed by atoms with Gasteiger partial charge in [0.15, 0.2) is 0 Å². The predicted octanol–water partition coefficient (Wildman–Crippen LogP) is 2.28. The van der Waals surface area contributed by atoms with E-state index in [0.717, 1.165) is 11.1 Å². The number of allylic oxidation sites excluding steroid dienone is 1. The molecule has 1 aliphatic heterocycles. The molecule has 43 heavy (non-hydrogen) atoms. The molecule has 2 fully saturated rings. The number of ketones is 1. The summed E-state index contributed by atoms with van der Waals surface area (Å²) in [6, 6.07) is 4.72. The number of urea groups is 1. The first-order valence-corrected chi connectivity index (χ1v) is 15.2. The quantitative estimate of drug-likeness (QED) is 0.206. The fourth-order valence-corrected chi connectivity index (χ4v) is 6.87. The monoisotopic (exact) mass is 591 g/mol. The SMILES string of the molecule is C=CCCC(NC(=O)[C@@H]1C2C(CN1C(=O)[C@@H](NC(=O)NC(C)C)C1Cc3ccccc3C1)C2(C)C)C(=O)C(=O)NCC=C. The van der Waals surface area contributed by atoms with Gasteiger partial charge in [-0.3, -0.25) is 19.2 Å². The second kappa shape index (κ2) is 13.1. The molecule has 1 saturated carbocycles. The molecule has 1 aromatic rings. The second-order valence-corrected chi connectivity index (χ2v) is 12.9. The lowest BCUT2D eigenvalue weighted by Crippen LogP contribution is -2.60. The van der Waals surface area contributed by atoms with Crippen molar-refractivity contribution < 1.29 is 24.0 Å². The van der Waals surface area contributed by atoms with E-state index in [2.05, 4.69) is 48.3 Å². The van der Waals surface area contributed by atoms with Gasteiger partial charge in [-0.15, -0.1) is 13.2 Å². The molecule has 4 N–H and O–H groups in total. The van der Waals surface area contributed by atoms with Crippen molar-refractivity contribution in [1.29, 1.82) is 0 Å². The highest BCUT2D eigenvalue weighted by molar-refractivity contribution is 6.38. The van der Waals surface area contributed by atoms with E-state index < -0.39 is 41.8 Å². The summed E-state index contributed by atoms with van der Waals surface area (Å²) in [4.78, 5) is 68.3. The van der Waals surface area contributed by atoms with Gasteiger partial charge in [-0.25, -0.2) is 4.79 Å². The normalized spacial score (nSPS) is 22.9.